The normalized spacial score (nSPS) is 10.9. The number of aromatic carboxylic acids is 1. The maximum atomic E-state index is 12.3. The van der Waals surface area contributed by atoms with Crippen molar-refractivity contribution < 1.29 is 14.7 Å². The fourth-order valence-electron chi connectivity index (χ4n) is 2.87. The molecular weight excluding hydrogens is 338 g/mol. The molecule has 0 aliphatic heterocycles. The van der Waals surface area contributed by atoms with Crippen LogP contribution in [0.15, 0.2) is 42.5 Å². The number of carboxylic acids is 1. The van der Waals surface area contributed by atoms with Crippen LogP contribution in [-0.4, -0.2) is 17.0 Å². The van der Waals surface area contributed by atoms with Gasteiger partial charge in [0, 0.05) is 6.08 Å². The number of hydrogen-bond acceptors (Lipinski definition) is 2. The Morgan fingerprint density at radius 2 is 1.74 bits per heavy atom. The van der Waals surface area contributed by atoms with E-state index in [4.69, 9.17) is 0 Å². The minimum atomic E-state index is -1.06. The van der Waals surface area contributed by atoms with Gasteiger partial charge in [0.05, 0.1) is 11.3 Å². The van der Waals surface area contributed by atoms with Gasteiger partial charge in [0.1, 0.15) is 0 Å². The van der Waals surface area contributed by atoms with Gasteiger partial charge in [-0.25, -0.2) is 4.79 Å². The van der Waals surface area contributed by atoms with Crippen LogP contribution in [0, 0.1) is 13.8 Å². The Balaban J connectivity index is 2.06. The SMILES string of the molecule is CCCCCc1ccc(C=CC(=O)Nc2c(C(=O)O)ccc(C)c2C)cc1. The zero-order valence-electron chi connectivity index (χ0n) is 16.2. The summed E-state index contributed by atoms with van der Waals surface area (Å²) in [5.41, 5.74) is 4.36. The van der Waals surface area contributed by atoms with Crippen LogP contribution in [0.4, 0.5) is 5.69 Å². The molecule has 4 nitrogen and oxygen atoms in total. The predicted molar refractivity (Wildman–Crippen MR) is 110 cm³/mol. The molecule has 2 N–H and O–H groups in total. The van der Waals surface area contributed by atoms with Gasteiger partial charge in [-0.15, -0.1) is 0 Å². The Morgan fingerprint density at radius 1 is 1.04 bits per heavy atom. The molecule has 27 heavy (non-hydrogen) atoms. The van der Waals surface area contributed by atoms with Gasteiger partial charge in [0.2, 0.25) is 5.91 Å². The van der Waals surface area contributed by atoms with Crippen molar-refractivity contribution >= 4 is 23.6 Å². The summed E-state index contributed by atoms with van der Waals surface area (Å²) >= 11 is 0. The number of carboxylic acid groups (broad SMARTS) is 1. The van der Waals surface area contributed by atoms with Crippen molar-refractivity contribution in [2.75, 3.05) is 5.32 Å². The standard InChI is InChI=1S/C23H27NO3/c1-4-5-6-7-18-9-11-19(12-10-18)13-15-21(25)24-22-17(3)16(2)8-14-20(22)23(26)27/h8-15H,4-7H2,1-3H3,(H,24,25)(H,26,27). The van der Waals surface area contributed by atoms with Crippen molar-refractivity contribution in [3.8, 4) is 0 Å². The van der Waals surface area contributed by atoms with E-state index in [1.807, 2.05) is 19.1 Å². The third-order valence-electron chi connectivity index (χ3n) is 4.69. The van der Waals surface area contributed by atoms with Crippen molar-refractivity contribution in [3.63, 3.8) is 0 Å². The summed E-state index contributed by atoms with van der Waals surface area (Å²) in [6.07, 6.45) is 7.87. The molecule has 0 heterocycles. The first-order valence-corrected chi connectivity index (χ1v) is 9.34. The van der Waals surface area contributed by atoms with Crippen LogP contribution in [0.5, 0.6) is 0 Å². The summed E-state index contributed by atoms with van der Waals surface area (Å²) < 4.78 is 0. The van der Waals surface area contributed by atoms with E-state index in [0.717, 1.165) is 23.1 Å². The van der Waals surface area contributed by atoms with E-state index in [1.165, 1.54) is 37.0 Å². The summed E-state index contributed by atoms with van der Waals surface area (Å²) in [6, 6.07) is 11.4. The molecule has 0 saturated heterocycles. The highest BCUT2D eigenvalue weighted by Crippen LogP contribution is 2.24. The van der Waals surface area contributed by atoms with Gasteiger partial charge in [-0.05, 0) is 61.1 Å². The van der Waals surface area contributed by atoms with Crippen LogP contribution in [-0.2, 0) is 11.2 Å². The first-order chi connectivity index (χ1) is 12.9. The number of amides is 1. The second-order valence-electron chi connectivity index (χ2n) is 6.76. The number of unbranched alkanes of at least 4 members (excludes halogenated alkanes) is 2. The van der Waals surface area contributed by atoms with E-state index >= 15 is 0 Å². The number of carbonyl (C=O) groups excluding carboxylic acids is 1. The lowest BCUT2D eigenvalue weighted by Crippen LogP contribution is -2.14. The van der Waals surface area contributed by atoms with Crippen LogP contribution in [0.1, 0.15) is 58.8 Å². The highest BCUT2D eigenvalue weighted by molar-refractivity contribution is 6.06. The summed E-state index contributed by atoms with van der Waals surface area (Å²) in [6.45, 7) is 5.88. The third kappa shape index (κ3) is 5.81. The molecule has 0 bridgehead atoms. The van der Waals surface area contributed by atoms with E-state index in [2.05, 4.69) is 24.4 Å². The molecule has 4 heteroatoms. The molecule has 0 saturated carbocycles. The quantitative estimate of drug-likeness (QED) is 0.487. The zero-order valence-corrected chi connectivity index (χ0v) is 16.2. The van der Waals surface area contributed by atoms with Crippen LogP contribution in [0.2, 0.25) is 0 Å². The summed E-state index contributed by atoms with van der Waals surface area (Å²) in [4.78, 5) is 23.7. The first-order valence-electron chi connectivity index (χ1n) is 9.34. The maximum absolute atomic E-state index is 12.3. The fraction of sp³-hybridized carbons (Fsp3) is 0.304. The molecule has 0 aliphatic carbocycles. The molecule has 2 rings (SSSR count). The summed E-state index contributed by atoms with van der Waals surface area (Å²) in [7, 11) is 0. The Bertz CT molecular complexity index is 835. The fourth-order valence-corrected chi connectivity index (χ4v) is 2.87. The highest BCUT2D eigenvalue weighted by Gasteiger charge is 2.15. The van der Waals surface area contributed by atoms with E-state index in [9.17, 15) is 14.7 Å². The molecule has 0 fully saturated rings. The van der Waals surface area contributed by atoms with Crippen molar-refractivity contribution in [1.29, 1.82) is 0 Å². The van der Waals surface area contributed by atoms with Gasteiger partial charge < -0.3 is 10.4 Å². The number of carbonyl (C=O) groups is 2. The number of nitrogens with one attached hydrogen (secondary N) is 1. The molecule has 2 aromatic carbocycles. The van der Waals surface area contributed by atoms with Crippen molar-refractivity contribution in [2.24, 2.45) is 0 Å². The molecule has 0 aromatic heterocycles. The Morgan fingerprint density at radius 3 is 2.37 bits per heavy atom. The van der Waals surface area contributed by atoms with Gasteiger partial charge in [-0.2, -0.15) is 0 Å². The lowest BCUT2D eigenvalue weighted by atomic mass is 10.0. The molecule has 2 aromatic rings. The average Bonchev–Trinajstić information content (AvgIpc) is 2.65. The van der Waals surface area contributed by atoms with Gasteiger partial charge in [-0.3, -0.25) is 4.79 Å². The minimum Gasteiger partial charge on any atom is -0.478 e. The number of hydrogen-bond donors (Lipinski definition) is 2. The van der Waals surface area contributed by atoms with Gasteiger partial charge in [-0.1, -0.05) is 50.1 Å². The zero-order chi connectivity index (χ0) is 19.8. The number of rotatable bonds is 8. The van der Waals surface area contributed by atoms with Gasteiger partial charge in [0.25, 0.3) is 0 Å². The molecular formula is C23H27NO3. The summed E-state index contributed by atoms with van der Waals surface area (Å²) in [5, 5.41) is 12.0. The largest absolute Gasteiger partial charge is 0.478 e. The van der Waals surface area contributed by atoms with E-state index in [0.29, 0.717) is 5.69 Å². The first kappa shape index (κ1) is 20.4. The lowest BCUT2D eigenvalue weighted by Gasteiger charge is -2.12. The number of aryl methyl sites for hydroxylation is 2. The molecule has 0 atom stereocenters. The van der Waals surface area contributed by atoms with Crippen LogP contribution in [0.25, 0.3) is 6.08 Å². The van der Waals surface area contributed by atoms with Crippen molar-refractivity contribution in [1.82, 2.24) is 0 Å². The maximum Gasteiger partial charge on any atom is 0.337 e. The highest BCUT2D eigenvalue weighted by atomic mass is 16.4. The molecule has 0 aliphatic rings. The van der Waals surface area contributed by atoms with Gasteiger partial charge >= 0.3 is 5.97 Å². The Hall–Kier alpha value is -2.88. The molecule has 0 unspecified atom stereocenters. The Labute approximate surface area is 160 Å². The second kappa shape index (κ2) is 9.72. The third-order valence-corrected chi connectivity index (χ3v) is 4.69. The van der Waals surface area contributed by atoms with E-state index < -0.39 is 5.97 Å². The minimum absolute atomic E-state index is 0.0938. The van der Waals surface area contributed by atoms with Crippen LogP contribution < -0.4 is 5.32 Å². The smallest absolute Gasteiger partial charge is 0.337 e. The molecule has 142 valence electrons. The molecule has 1 amide bonds. The predicted octanol–water partition coefficient (Wildman–Crippen LogP) is 5.39. The topological polar surface area (TPSA) is 66.4 Å². The van der Waals surface area contributed by atoms with Crippen molar-refractivity contribution in [2.45, 2.75) is 46.5 Å². The van der Waals surface area contributed by atoms with E-state index in [-0.39, 0.29) is 11.5 Å². The number of benzene rings is 2. The van der Waals surface area contributed by atoms with Crippen LogP contribution >= 0.6 is 0 Å². The molecule has 0 radical (unpaired) electrons. The Kier molecular flexibility index (Phi) is 7.35. The van der Waals surface area contributed by atoms with Gasteiger partial charge in [0.15, 0.2) is 0 Å². The van der Waals surface area contributed by atoms with Crippen molar-refractivity contribution in [3.05, 3.63) is 70.3 Å². The summed E-state index contributed by atoms with van der Waals surface area (Å²) in [5.74, 6) is -1.41. The average molecular weight is 365 g/mol. The second-order valence-corrected chi connectivity index (χ2v) is 6.76. The number of anilines is 1. The van der Waals surface area contributed by atoms with Crippen LogP contribution in [0.3, 0.4) is 0 Å². The van der Waals surface area contributed by atoms with E-state index in [1.54, 1.807) is 19.1 Å². The molecule has 0 spiro atoms. The lowest BCUT2D eigenvalue weighted by molar-refractivity contribution is -0.111. The monoisotopic (exact) mass is 365 g/mol.